The quantitative estimate of drug-likeness (QED) is 0.606. The Morgan fingerprint density at radius 1 is 1.21 bits per heavy atom. The summed E-state index contributed by atoms with van der Waals surface area (Å²) in [7, 11) is 0. The van der Waals surface area contributed by atoms with Crippen LogP contribution < -0.4 is 4.90 Å². The molecule has 1 saturated carbocycles. The smallest absolute Gasteiger partial charge is 0.269 e. The Hall–Kier alpha value is -1.91. The van der Waals surface area contributed by atoms with E-state index in [0.717, 1.165) is 36.9 Å². The number of hydrogen-bond acceptors (Lipinski definition) is 3. The van der Waals surface area contributed by atoms with Crippen molar-refractivity contribution in [2.45, 2.75) is 44.6 Å². The third-order valence-electron chi connectivity index (χ3n) is 4.10. The topological polar surface area (TPSA) is 63.4 Å². The van der Waals surface area contributed by atoms with Crippen LogP contribution in [0.4, 0.5) is 11.4 Å². The second-order valence-electron chi connectivity index (χ2n) is 5.27. The molecule has 5 heteroatoms. The summed E-state index contributed by atoms with van der Waals surface area (Å²) >= 11 is 0. The predicted molar refractivity (Wildman–Crippen MR) is 71.2 cm³/mol. The first kappa shape index (κ1) is 12.1. The van der Waals surface area contributed by atoms with Crippen molar-refractivity contribution in [1.29, 1.82) is 0 Å². The number of fused-ring (bicyclic) bond motifs is 1. The lowest BCUT2D eigenvalue weighted by Crippen LogP contribution is -2.42. The number of aryl methyl sites for hydroxylation is 1. The van der Waals surface area contributed by atoms with E-state index in [4.69, 9.17) is 0 Å². The average molecular weight is 260 g/mol. The first-order chi connectivity index (χ1) is 9.16. The van der Waals surface area contributed by atoms with Gasteiger partial charge in [-0.15, -0.1) is 0 Å². The molecule has 0 N–H and O–H groups in total. The van der Waals surface area contributed by atoms with Crippen LogP contribution in [-0.4, -0.2) is 16.9 Å². The van der Waals surface area contributed by atoms with Crippen LogP contribution in [0.3, 0.4) is 0 Å². The van der Waals surface area contributed by atoms with Gasteiger partial charge >= 0.3 is 0 Å². The highest BCUT2D eigenvalue weighted by molar-refractivity contribution is 5.97. The van der Waals surface area contributed by atoms with Gasteiger partial charge < -0.3 is 4.90 Å². The summed E-state index contributed by atoms with van der Waals surface area (Å²) in [6.45, 7) is 0. The van der Waals surface area contributed by atoms with Crippen molar-refractivity contribution in [3.63, 3.8) is 0 Å². The monoisotopic (exact) mass is 260 g/mol. The molecule has 1 aliphatic heterocycles. The van der Waals surface area contributed by atoms with Gasteiger partial charge in [0.25, 0.3) is 5.69 Å². The van der Waals surface area contributed by atoms with E-state index in [1.165, 1.54) is 6.07 Å². The van der Waals surface area contributed by atoms with E-state index in [2.05, 4.69) is 0 Å². The summed E-state index contributed by atoms with van der Waals surface area (Å²) in [4.78, 5) is 24.5. The van der Waals surface area contributed by atoms with Gasteiger partial charge in [0.2, 0.25) is 5.91 Å². The molecule has 0 spiro atoms. The van der Waals surface area contributed by atoms with Crippen LogP contribution in [0, 0.1) is 10.1 Å². The molecule has 5 nitrogen and oxygen atoms in total. The Kier molecular flexibility index (Phi) is 2.97. The molecular formula is C14H16N2O3. The molecule has 0 radical (unpaired) electrons. The van der Waals surface area contributed by atoms with Crippen molar-refractivity contribution >= 4 is 17.3 Å². The Bertz CT molecular complexity index is 535. The lowest BCUT2D eigenvalue weighted by atomic mass is 9.98. The molecule has 0 atom stereocenters. The summed E-state index contributed by atoms with van der Waals surface area (Å²) in [6.07, 6.45) is 5.49. The van der Waals surface area contributed by atoms with Crippen LogP contribution in [0.15, 0.2) is 18.2 Å². The Labute approximate surface area is 111 Å². The van der Waals surface area contributed by atoms with Crippen molar-refractivity contribution in [2.75, 3.05) is 4.90 Å². The standard InChI is InChI=1S/C14H16N2O3/c17-14-8-5-10-9-12(16(18)19)6-7-13(10)15(14)11-3-1-2-4-11/h6-7,9,11H,1-5,8H2. The number of nitro groups is 1. The molecule has 1 aliphatic carbocycles. The minimum absolute atomic E-state index is 0.111. The predicted octanol–water partition coefficient (Wildman–Crippen LogP) is 2.82. The maximum atomic E-state index is 12.2. The molecule has 0 bridgehead atoms. The number of nitro benzene ring substituents is 1. The number of nitrogens with zero attached hydrogens (tertiary/aromatic N) is 2. The molecule has 1 amide bonds. The Balaban J connectivity index is 1.99. The van der Waals surface area contributed by atoms with Gasteiger partial charge in [-0.25, -0.2) is 0 Å². The maximum Gasteiger partial charge on any atom is 0.269 e. The van der Waals surface area contributed by atoms with Crippen LogP contribution in [0.25, 0.3) is 0 Å². The van der Waals surface area contributed by atoms with Crippen LogP contribution in [0.5, 0.6) is 0 Å². The molecule has 1 aromatic rings. The number of benzene rings is 1. The number of carbonyl (C=O) groups is 1. The molecule has 2 aliphatic rings. The van der Waals surface area contributed by atoms with Gasteiger partial charge in [0.1, 0.15) is 0 Å². The summed E-state index contributed by atoms with van der Waals surface area (Å²) in [5.74, 6) is 0.160. The molecular weight excluding hydrogens is 244 g/mol. The Morgan fingerprint density at radius 3 is 2.63 bits per heavy atom. The van der Waals surface area contributed by atoms with Gasteiger partial charge in [0.05, 0.1) is 4.92 Å². The highest BCUT2D eigenvalue weighted by Crippen LogP contribution is 2.36. The molecule has 100 valence electrons. The Morgan fingerprint density at radius 2 is 1.95 bits per heavy atom. The highest BCUT2D eigenvalue weighted by Gasteiger charge is 2.32. The third kappa shape index (κ3) is 2.09. The third-order valence-corrected chi connectivity index (χ3v) is 4.10. The summed E-state index contributed by atoms with van der Waals surface area (Å²) < 4.78 is 0. The van der Waals surface area contributed by atoms with Crippen molar-refractivity contribution in [1.82, 2.24) is 0 Å². The zero-order chi connectivity index (χ0) is 13.4. The summed E-state index contributed by atoms with van der Waals surface area (Å²) in [5, 5.41) is 10.8. The van der Waals surface area contributed by atoms with Gasteiger partial charge in [-0.3, -0.25) is 14.9 Å². The van der Waals surface area contributed by atoms with E-state index < -0.39 is 0 Å². The summed E-state index contributed by atoms with van der Waals surface area (Å²) in [6, 6.07) is 5.14. The lowest BCUT2D eigenvalue weighted by molar-refractivity contribution is -0.384. The van der Waals surface area contributed by atoms with E-state index in [9.17, 15) is 14.9 Å². The van der Waals surface area contributed by atoms with Gasteiger partial charge in [-0.1, -0.05) is 12.8 Å². The molecule has 1 fully saturated rings. The van der Waals surface area contributed by atoms with Crippen LogP contribution in [0.2, 0.25) is 0 Å². The second kappa shape index (κ2) is 4.64. The molecule has 0 aromatic heterocycles. The zero-order valence-corrected chi connectivity index (χ0v) is 10.7. The van der Waals surface area contributed by atoms with Gasteiger partial charge in [0, 0.05) is 30.3 Å². The number of anilines is 1. The first-order valence-corrected chi connectivity index (χ1v) is 6.76. The van der Waals surface area contributed by atoms with Crippen LogP contribution in [-0.2, 0) is 11.2 Å². The fourth-order valence-corrected chi connectivity index (χ4v) is 3.18. The van der Waals surface area contributed by atoms with E-state index in [0.29, 0.717) is 12.8 Å². The van der Waals surface area contributed by atoms with Crippen LogP contribution >= 0.6 is 0 Å². The van der Waals surface area contributed by atoms with E-state index in [1.54, 1.807) is 12.1 Å². The average Bonchev–Trinajstić information content (AvgIpc) is 2.91. The van der Waals surface area contributed by atoms with Crippen LogP contribution in [0.1, 0.15) is 37.7 Å². The molecule has 1 aromatic carbocycles. The van der Waals surface area contributed by atoms with E-state index in [-0.39, 0.29) is 22.6 Å². The van der Waals surface area contributed by atoms with E-state index in [1.807, 2.05) is 4.90 Å². The summed E-state index contributed by atoms with van der Waals surface area (Å²) in [5.41, 5.74) is 1.92. The van der Waals surface area contributed by atoms with Gasteiger partial charge in [-0.2, -0.15) is 0 Å². The SMILES string of the molecule is O=C1CCc2cc([N+](=O)[O-])ccc2N1C1CCCC1. The normalized spacial score (nSPS) is 19.6. The van der Waals surface area contributed by atoms with E-state index >= 15 is 0 Å². The van der Waals surface area contributed by atoms with Crippen molar-refractivity contribution in [3.8, 4) is 0 Å². The maximum absolute atomic E-state index is 12.2. The van der Waals surface area contributed by atoms with Crippen molar-refractivity contribution in [2.24, 2.45) is 0 Å². The minimum atomic E-state index is -0.378. The fourth-order valence-electron chi connectivity index (χ4n) is 3.18. The highest BCUT2D eigenvalue weighted by atomic mass is 16.6. The molecule has 3 rings (SSSR count). The van der Waals surface area contributed by atoms with Crippen molar-refractivity contribution < 1.29 is 9.72 Å². The number of rotatable bonds is 2. The van der Waals surface area contributed by atoms with Crippen molar-refractivity contribution in [3.05, 3.63) is 33.9 Å². The fraction of sp³-hybridized carbons (Fsp3) is 0.500. The largest absolute Gasteiger partial charge is 0.309 e. The second-order valence-corrected chi connectivity index (χ2v) is 5.27. The molecule has 0 saturated heterocycles. The minimum Gasteiger partial charge on any atom is -0.309 e. The number of amides is 1. The molecule has 0 unspecified atom stereocenters. The number of non-ortho nitro benzene ring substituents is 1. The molecule has 19 heavy (non-hydrogen) atoms. The lowest BCUT2D eigenvalue weighted by Gasteiger charge is -2.34. The zero-order valence-electron chi connectivity index (χ0n) is 10.7. The number of carbonyl (C=O) groups excluding carboxylic acids is 1. The first-order valence-electron chi connectivity index (χ1n) is 6.76. The van der Waals surface area contributed by atoms with Gasteiger partial charge in [-0.05, 0) is 30.9 Å². The molecule has 1 heterocycles. The number of hydrogen-bond donors (Lipinski definition) is 0. The van der Waals surface area contributed by atoms with Gasteiger partial charge in [0.15, 0.2) is 0 Å².